The van der Waals surface area contributed by atoms with Crippen LogP contribution in [0.2, 0.25) is 0 Å². The van der Waals surface area contributed by atoms with Crippen molar-refractivity contribution in [1.82, 2.24) is 19.9 Å². The van der Waals surface area contributed by atoms with Crippen LogP contribution in [-0.4, -0.2) is 58.4 Å². The molecule has 26 heavy (non-hydrogen) atoms. The first-order chi connectivity index (χ1) is 12.4. The molecule has 2 aromatic heterocycles. The Morgan fingerprint density at radius 2 is 2.19 bits per heavy atom. The predicted molar refractivity (Wildman–Crippen MR) is 101 cm³/mol. The molecule has 0 saturated carbocycles. The number of nitrogens with one attached hydrogen (secondary N) is 1. The standard InChI is InChI=1S/C16H23N5.C3H3NO/c1-15(2)9-20(3)16(15)6-4-8-21(10-16)14-12-5-7-17-13(12)18-11-19-14;4-2-1-3-5/h5,7,11H,4,6,8-10H2,1-3H3,(H,17,18,19);3H,1H2. The summed E-state index contributed by atoms with van der Waals surface area (Å²) in [4.78, 5) is 26.2. The van der Waals surface area contributed by atoms with Crippen LogP contribution in [0.1, 0.15) is 33.1 Å². The number of aromatic nitrogens is 3. The first-order valence-electron chi connectivity index (χ1n) is 9.00. The normalized spacial score (nSPS) is 24.5. The van der Waals surface area contributed by atoms with Crippen LogP contribution in [0.4, 0.5) is 5.82 Å². The van der Waals surface area contributed by atoms with E-state index in [9.17, 15) is 4.79 Å². The molecule has 0 aromatic carbocycles. The molecule has 1 atom stereocenters. The number of anilines is 1. The number of carbonyl (C=O) groups is 1. The lowest BCUT2D eigenvalue weighted by atomic mass is 9.60. The molecular formula is C19H26N6O. The molecule has 2 aromatic rings. The van der Waals surface area contributed by atoms with E-state index in [0.717, 1.165) is 29.9 Å². The molecule has 7 nitrogen and oxygen atoms in total. The van der Waals surface area contributed by atoms with Crippen LogP contribution in [0, 0.1) is 16.7 Å². The maximum Gasteiger partial charge on any atom is 0.142 e. The zero-order chi connectivity index (χ0) is 18.8. The smallest absolute Gasteiger partial charge is 0.142 e. The fourth-order valence-corrected chi connectivity index (χ4v) is 4.55. The number of aldehydes is 1. The Hall–Kier alpha value is -2.46. The molecule has 0 aliphatic carbocycles. The summed E-state index contributed by atoms with van der Waals surface area (Å²) >= 11 is 0. The number of aromatic amines is 1. The van der Waals surface area contributed by atoms with Crippen molar-refractivity contribution in [3.05, 3.63) is 18.6 Å². The van der Waals surface area contributed by atoms with Crippen molar-refractivity contribution in [3.63, 3.8) is 0 Å². The molecular weight excluding hydrogens is 328 g/mol. The molecule has 2 saturated heterocycles. The Morgan fingerprint density at radius 1 is 1.38 bits per heavy atom. The zero-order valence-corrected chi connectivity index (χ0v) is 15.7. The highest BCUT2D eigenvalue weighted by Gasteiger charge is 2.58. The summed E-state index contributed by atoms with van der Waals surface area (Å²) in [5.74, 6) is 1.08. The zero-order valence-electron chi connectivity index (χ0n) is 15.7. The minimum absolute atomic E-state index is 0.0139. The van der Waals surface area contributed by atoms with Gasteiger partial charge in [-0.15, -0.1) is 0 Å². The van der Waals surface area contributed by atoms with Crippen LogP contribution in [0.25, 0.3) is 11.0 Å². The van der Waals surface area contributed by atoms with Crippen molar-refractivity contribution in [1.29, 1.82) is 5.26 Å². The van der Waals surface area contributed by atoms with Gasteiger partial charge in [-0.2, -0.15) is 5.26 Å². The van der Waals surface area contributed by atoms with Crippen LogP contribution < -0.4 is 4.90 Å². The summed E-state index contributed by atoms with van der Waals surface area (Å²) in [5, 5.41) is 8.72. The summed E-state index contributed by atoms with van der Waals surface area (Å²) in [6.07, 6.45) is 6.71. The van der Waals surface area contributed by atoms with Gasteiger partial charge in [0.15, 0.2) is 0 Å². The third-order valence-corrected chi connectivity index (χ3v) is 5.90. The van der Waals surface area contributed by atoms with Crippen molar-refractivity contribution in [2.45, 2.75) is 38.6 Å². The summed E-state index contributed by atoms with van der Waals surface area (Å²) in [6, 6.07) is 3.73. The van der Waals surface area contributed by atoms with Gasteiger partial charge in [-0.3, -0.25) is 4.90 Å². The molecule has 0 bridgehead atoms. The lowest BCUT2D eigenvalue weighted by Crippen LogP contribution is -2.76. The molecule has 2 fully saturated rings. The maximum atomic E-state index is 9.18. The second-order valence-electron chi connectivity index (χ2n) is 7.76. The van der Waals surface area contributed by atoms with E-state index in [-0.39, 0.29) is 6.42 Å². The molecule has 2 aliphatic rings. The number of hydrogen-bond acceptors (Lipinski definition) is 6. The van der Waals surface area contributed by atoms with Gasteiger partial charge in [0.05, 0.1) is 17.9 Å². The predicted octanol–water partition coefficient (Wildman–Crippen LogP) is 2.37. The van der Waals surface area contributed by atoms with E-state index in [2.05, 4.69) is 51.7 Å². The molecule has 1 spiro atoms. The highest BCUT2D eigenvalue weighted by molar-refractivity contribution is 5.87. The van der Waals surface area contributed by atoms with Crippen molar-refractivity contribution in [2.24, 2.45) is 5.41 Å². The fraction of sp³-hybridized carbons (Fsp3) is 0.579. The number of fused-ring (bicyclic) bond motifs is 1. The molecule has 138 valence electrons. The Balaban J connectivity index is 0.000000349. The quantitative estimate of drug-likeness (QED) is 0.833. The largest absolute Gasteiger partial charge is 0.354 e. The summed E-state index contributed by atoms with van der Waals surface area (Å²) < 4.78 is 0. The Morgan fingerprint density at radius 3 is 2.81 bits per heavy atom. The van der Waals surface area contributed by atoms with Crippen LogP contribution >= 0.6 is 0 Å². The lowest BCUT2D eigenvalue weighted by molar-refractivity contribution is -0.129. The van der Waals surface area contributed by atoms with Gasteiger partial charge in [0.2, 0.25) is 0 Å². The SMILES string of the molecule is CN1CC(C)(C)C12CCCN(c1ncnc3[nH]ccc13)C2.N#CCC=O. The molecule has 2 aliphatic heterocycles. The molecule has 0 radical (unpaired) electrons. The van der Waals surface area contributed by atoms with Crippen molar-refractivity contribution >= 4 is 23.1 Å². The Bertz CT molecular complexity index is 823. The van der Waals surface area contributed by atoms with Crippen LogP contribution in [-0.2, 0) is 4.79 Å². The number of piperidine rings is 1. The molecule has 4 rings (SSSR count). The van der Waals surface area contributed by atoms with Gasteiger partial charge in [-0.05, 0) is 31.4 Å². The number of likely N-dealkylation sites (N-methyl/N-ethyl adjacent to an activating group) is 1. The Kier molecular flexibility index (Phi) is 4.97. The van der Waals surface area contributed by atoms with E-state index >= 15 is 0 Å². The number of rotatable bonds is 2. The van der Waals surface area contributed by atoms with Gasteiger partial charge in [0.1, 0.15) is 24.1 Å². The third kappa shape index (κ3) is 2.95. The van der Waals surface area contributed by atoms with Gasteiger partial charge in [0, 0.05) is 31.4 Å². The van der Waals surface area contributed by atoms with E-state index in [0.29, 0.717) is 17.2 Å². The molecule has 1 N–H and O–H groups in total. The average Bonchev–Trinajstić information content (AvgIpc) is 3.11. The van der Waals surface area contributed by atoms with Gasteiger partial charge in [0.25, 0.3) is 0 Å². The molecule has 1 unspecified atom stereocenters. The van der Waals surface area contributed by atoms with E-state index in [1.54, 1.807) is 12.4 Å². The van der Waals surface area contributed by atoms with E-state index in [4.69, 9.17) is 5.26 Å². The van der Waals surface area contributed by atoms with Crippen LogP contribution in [0.5, 0.6) is 0 Å². The second-order valence-corrected chi connectivity index (χ2v) is 7.76. The number of likely N-dealkylation sites (tertiary alicyclic amines) is 1. The van der Waals surface area contributed by atoms with E-state index < -0.39 is 0 Å². The molecule has 4 heterocycles. The second kappa shape index (κ2) is 7.04. The topological polar surface area (TPSA) is 88.9 Å². The van der Waals surface area contributed by atoms with Crippen LogP contribution in [0.3, 0.4) is 0 Å². The summed E-state index contributed by atoms with van der Waals surface area (Å²) in [7, 11) is 2.26. The van der Waals surface area contributed by atoms with Crippen LogP contribution in [0.15, 0.2) is 18.6 Å². The summed E-state index contributed by atoms with van der Waals surface area (Å²) in [6.45, 7) is 8.14. The lowest BCUT2D eigenvalue weighted by Gasteiger charge is -2.66. The first-order valence-corrected chi connectivity index (χ1v) is 9.00. The highest BCUT2D eigenvalue weighted by Crippen LogP contribution is 2.51. The highest BCUT2D eigenvalue weighted by atomic mass is 16.1. The van der Waals surface area contributed by atoms with E-state index in [1.165, 1.54) is 19.4 Å². The van der Waals surface area contributed by atoms with Gasteiger partial charge < -0.3 is 14.7 Å². The van der Waals surface area contributed by atoms with Gasteiger partial charge in [-0.25, -0.2) is 9.97 Å². The molecule has 7 heteroatoms. The monoisotopic (exact) mass is 354 g/mol. The third-order valence-electron chi connectivity index (χ3n) is 5.90. The fourth-order valence-electron chi connectivity index (χ4n) is 4.55. The van der Waals surface area contributed by atoms with Crippen molar-refractivity contribution in [3.8, 4) is 6.07 Å². The molecule has 0 amide bonds. The summed E-state index contributed by atoms with van der Waals surface area (Å²) in [5.41, 5.74) is 1.60. The van der Waals surface area contributed by atoms with Crippen molar-refractivity contribution < 1.29 is 4.79 Å². The average molecular weight is 354 g/mol. The minimum Gasteiger partial charge on any atom is -0.354 e. The number of nitriles is 1. The van der Waals surface area contributed by atoms with Gasteiger partial charge in [-0.1, -0.05) is 13.8 Å². The van der Waals surface area contributed by atoms with Crippen molar-refractivity contribution in [2.75, 3.05) is 31.6 Å². The maximum absolute atomic E-state index is 9.18. The number of carbonyl (C=O) groups excluding carboxylic acids is 1. The Labute approximate surface area is 154 Å². The number of hydrogen-bond donors (Lipinski definition) is 1. The first kappa shape index (κ1) is 18.3. The number of nitrogens with zero attached hydrogens (tertiary/aromatic N) is 5. The minimum atomic E-state index is 0.0139. The van der Waals surface area contributed by atoms with Gasteiger partial charge >= 0.3 is 0 Å². The number of H-pyrrole nitrogens is 1. The van der Waals surface area contributed by atoms with E-state index in [1.807, 2.05) is 6.20 Å².